The molecule has 28 atom stereocenters. The van der Waals surface area contributed by atoms with Gasteiger partial charge < -0.3 is 130 Å². The van der Waals surface area contributed by atoms with E-state index in [0.29, 0.717) is 0 Å². The smallest absolute Gasteiger partial charge is 0.313 e. The van der Waals surface area contributed by atoms with Crippen LogP contribution in [0.5, 0.6) is 0 Å². The highest BCUT2D eigenvalue weighted by molar-refractivity contribution is 5.74. The van der Waals surface area contributed by atoms with Gasteiger partial charge in [-0.15, -0.1) is 0 Å². The lowest BCUT2D eigenvalue weighted by atomic mass is 9.82. The predicted octanol–water partition coefficient (Wildman–Crippen LogP) is -3.94. The molecule has 0 aliphatic carbocycles. The van der Waals surface area contributed by atoms with Gasteiger partial charge in [-0.05, 0) is 33.1 Å². The van der Waals surface area contributed by atoms with E-state index in [1.807, 2.05) is 6.92 Å². The number of carbonyl (C=O) groups excluding carboxylic acids is 2. The molecule has 5 aliphatic rings. The maximum absolute atomic E-state index is 13.4. The number of ether oxygens (including phenoxy) is 8. The number of allylic oxidation sites excluding steroid dienone is 12. The molecule has 0 radical (unpaired) electrons. The van der Waals surface area contributed by atoms with E-state index in [2.05, 4.69) is 5.32 Å². The van der Waals surface area contributed by atoms with Crippen LogP contribution in [-0.2, 0) is 47.5 Å². The van der Waals surface area contributed by atoms with Crippen molar-refractivity contribution in [2.45, 2.75) is 231 Å². The molecule has 0 unspecified atom stereocenters. The third-order valence-electron chi connectivity index (χ3n) is 16.5. The topological polar surface area (TPSA) is 464 Å². The quantitative estimate of drug-likeness (QED) is 0.0980. The number of aliphatic hydroxyl groups is 17. The minimum Gasteiger partial charge on any atom is -0.469 e. The van der Waals surface area contributed by atoms with Gasteiger partial charge >= 0.3 is 11.9 Å². The van der Waals surface area contributed by atoms with Crippen LogP contribution in [0.25, 0.3) is 0 Å². The summed E-state index contributed by atoms with van der Waals surface area (Å²) in [5.41, 5.74) is 0. The van der Waals surface area contributed by atoms with Crippen molar-refractivity contribution < 1.29 is 134 Å². The maximum atomic E-state index is 13.4. The molecule has 0 saturated carbocycles. The normalized spacial score (nSPS) is 47.3. The molecule has 5 rings (SSSR count). The predicted molar refractivity (Wildman–Crippen MR) is 307 cm³/mol. The van der Waals surface area contributed by atoms with Gasteiger partial charge in [-0.1, -0.05) is 98.9 Å². The molecule has 0 amide bonds. The van der Waals surface area contributed by atoms with Gasteiger partial charge in [0.2, 0.25) is 5.79 Å². The number of hydrogen-bond donors (Lipinski definition) is 18. The molecule has 0 spiro atoms. The number of aliphatic hydroxyl groups excluding tert-OH is 15. The molecule has 18 N–H and O–H groups in total. The molecule has 502 valence electrons. The number of hydrogen-bond acceptors (Lipinski definition) is 28. The first kappa shape index (κ1) is 74.9. The third-order valence-corrected chi connectivity index (χ3v) is 16.5. The van der Waals surface area contributed by atoms with Crippen LogP contribution < -0.4 is 5.32 Å². The van der Waals surface area contributed by atoms with Crippen LogP contribution in [-0.4, -0.2) is 278 Å². The van der Waals surface area contributed by atoms with E-state index in [1.165, 1.54) is 19.1 Å². The Bertz CT molecular complexity index is 2340. The van der Waals surface area contributed by atoms with Gasteiger partial charge in [0.1, 0.15) is 60.9 Å². The van der Waals surface area contributed by atoms with Crippen LogP contribution in [0.1, 0.15) is 79.1 Å². The molecule has 88 heavy (non-hydrogen) atoms. The van der Waals surface area contributed by atoms with Gasteiger partial charge in [-0.25, -0.2) is 0 Å². The fourth-order valence-corrected chi connectivity index (χ4v) is 11.1. The van der Waals surface area contributed by atoms with Gasteiger partial charge in [-0.3, -0.25) is 9.59 Å². The molecule has 0 aromatic heterocycles. The van der Waals surface area contributed by atoms with Crippen LogP contribution in [0.15, 0.2) is 85.1 Å². The fourth-order valence-electron chi connectivity index (χ4n) is 11.1. The Morgan fingerprint density at radius 1 is 0.614 bits per heavy atom. The second-order valence-electron chi connectivity index (χ2n) is 23.5. The van der Waals surface area contributed by atoms with Gasteiger partial charge in [-0.2, -0.15) is 0 Å². The second kappa shape index (κ2) is 35.3. The number of methoxy groups -OCH3 is 1. The lowest BCUT2D eigenvalue weighted by Crippen LogP contribution is -2.70. The van der Waals surface area contributed by atoms with E-state index in [4.69, 9.17) is 37.9 Å². The molecule has 4 fully saturated rings. The molecule has 4 saturated heterocycles. The molecule has 0 aromatic rings. The first-order chi connectivity index (χ1) is 41.5. The minimum absolute atomic E-state index is 0.155. The molecule has 5 aliphatic heterocycles. The first-order valence-electron chi connectivity index (χ1n) is 29.7. The summed E-state index contributed by atoms with van der Waals surface area (Å²) in [6.07, 6.45) is -14.0. The van der Waals surface area contributed by atoms with E-state index < -0.39 is 228 Å². The summed E-state index contributed by atoms with van der Waals surface area (Å²) >= 11 is 0. The standard InChI is InChI=1S/C60H95NO27/c1-31-18-16-14-12-10-8-6-7-9-11-13-15-17-19-38(85-57-51(74)47(49(72)34(4)84-57)61-30-60(80)55(77)54(42(69)29-82-60)87-58-53(76)52(75)50(73)44(28-62)86-58)25-43-46(56(78)81-5)41(68)27-59(79,88-43)26-37(65)23-40(67)39(66)21-20-35(63)22-36(64)24-45(70)83-33(3)32(2)48(31)71/h6-19,31-44,46-55,57-58,61-69,71-77,79-80H,20-30H2,1-5H3/b7-6+,10-8+,11-9+,14-12+,15-13+,18-16+,19-17+/t31-,32-,33-,34+,35+,36+,37-,38-,39+,40+,41-,42+,43-,44+,46+,47-,48+,49+,50-,51-,52-,53+,54+,55-,57-,58-,59+,60+/m0/s1. The molecule has 28 heteroatoms. The van der Waals surface area contributed by atoms with Crippen molar-refractivity contribution in [3.63, 3.8) is 0 Å². The number of esters is 2. The summed E-state index contributed by atoms with van der Waals surface area (Å²) in [5.74, 6) is -9.14. The fraction of sp³-hybridized carbons (Fsp3) is 0.733. The molecule has 5 heterocycles. The van der Waals surface area contributed by atoms with Crippen LogP contribution in [0, 0.1) is 17.8 Å². The van der Waals surface area contributed by atoms with Crippen molar-refractivity contribution in [3.8, 4) is 0 Å². The summed E-state index contributed by atoms with van der Waals surface area (Å²) in [5, 5.41) is 189. The van der Waals surface area contributed by atoms with Gasteiger partial charge in [0.15, 0.2) is 18.4 Å². The Hall–Kier alpha value is -3.84. The van der Waals surface area contributed by atoms with Crippen LogP contribution in [0.2, 0.25) is 0 Å². The SMILES string of the molecule is COC(=O)[C@H]1[C@@H]2C[C@@H](O[C@@H]3O[C@H](C)[C@@H](O)[C@H](NC[C@@]4(O)OC[C@@H](O)[C@@H](O[C@@H]5O[C@H](CO)[C@H](O)[C@H](O)[C@H]5O)[C@@H]4O)[C@@H]3O)/C=C/C=C/C=C/C=C/C=C/C=C/C=C/[C@H](C)[C@@H](O)[C@@H](C)[C@H](C)OC(=O)C[C@H](O)C[C@H](O)CC[C@@H](O)[C@H](O)C[C@H](O)C[C@](O)(C[C@@H]1O)O2. The summed E-state index contributed by atoms with van der Waals surface area (Å²) in [4.78, 5) is 26.1. The number of nitrogens with one attached hydrogen (secondary N) is 1. The Morgan fingerprint density at radius 2 is 1.22 bits per heavy atom. The highest BCUT2D eigenvalue weighted by Gasteiger charge is 2.55. The van der Waals surface area contributed by atoms with Crippen molar-refractivity contribution in [1.82, 2.24) is 5.32 Å². The summed E-state index contributed by atoms with van der Waals surface area (Å²) in [6, 6.07) is -1.47. The van der Waals surface area contributed by atoms with Gasteiger partial charge in [0.05, 0.1) is 106 Å². The number of carbonyl (C=O) groups is 2. The Balaban J connectivity index is 1.38. The van der Waals surface area contributed by atoms with E-state index in [9.17, 15) is 96.4 Å². The zero-order valence-electron chi connectivity index (χ0n) is 50.1. The van der Waals surface area contributed by atoms with Crippen molar-refractivity contribution in [3.05, 3.63) is 85.1 Å². The summed E-state index contributed by atoms with van der Waals surface area (Å²) < 4.78 is 45.3. The van der Waals surface area contributed by atoms with Gasteiger partial charge in [0, 0.05) is 37.5 Å². The lowest BCUT2D eigenvalue weighted by molar-refractivity contribution is -0.368. The Kier molecular flexibility index (Phi) is 30.0. The van der Waals surface area contributed by atoms with Gasteiger partial charge in [0.25, 0.3) is 0 Å². The molecular formula is C60H95NO27. The van der Waals surface area contributed by atoms with E-state index in [-0.39, 0.29) is 25.2 Å². The van der Waals surface area contributed by atoms with Crippen LogP contribution in [0.4, 0.5) is 0 Å². The minimum atomic E-state index is -2.67. The summed E-state index contributed by atoms with van der Waals surface area (Å²) in [6.45, 7) is 4.26. The first-order valence-corrected chi connectivity index (χ1v) is 29.7. The molecule has 28 nitrogen and oxygen atoms in total. The zero-order valence-corrected chi connectivity index (χ0v) is 50.1. The monoisotopic (exact) mass is 1260 g/mol. The maximum Gasteiger partial charge on any atom is 0.313 e. The Morgan fingerprint density at radius 3 is 1.83 bits per heavy atom. The van der Waals surface area contributed by atoms with Crippen LogP contribution >= 0.6 is 0 Å². The van der Waals surface area contributed by atoms with Crippen molar-refractivity contribution in [1.29, 1.82) is 0 Å². The molecular weight excluding hydrogens is 1170 g/mol. The van der Waals surface area contributed by atoms with Crippen molar-refractivity contribution in [2.75, 3.05) is 26.9 Å². The van der Waals surface area contributed by atoms with Crippen molar-refractivity contribution in [2.24, 2.45) is 17.8 Å². The summed E-state index contributed by atoms with van der Waals surface area (Å²) in [7, 11) is 1.06. The van der Waals surface area contributed by atoms with E-state index in [1.54, 1.807) is 86.8 Å². The highest BCUT2D eigenvalue weighted by Crippen LogP contribution is 2.39. The van der Waals surface area contributed by atoms with Crippen molar-refractivity contribution >= 4 is 11.9 Å². The number of rotatable bonds is 9. The average Bonchev–Trinajstić information content (AvgIpc) is 1.79. The lowest BCUT2D eigenvalue weighted by Gasteiger charge is -2.48. The number of fused-ring (bicyclic) bond motifs is 2. The van der Waals surface area contributed by atoms with Crippen LogP contribution in [0.3, 0.4) is 0 Å². The second-order valence-corrected chi connectivity index (χ2v) is 23.5. The Labute approximate surface area is 511 Å². The molecule has 2 bridgehead atoms. The average molecular weight is 1260 g/mol. The largest absolute Gasteiger partial charge is 0.469 e. The van der Waals surface area contributed by atoms with E-state index >= 15 is 0 Å². The number of cyclic esters (lactones) is 1. The molecule has 0 aromatic carbocycles. The third kappa shape index (κ3) is 21.4. The zero-order chi connectivity index (χ0) is 65.2. The van der Waals surface area contributed by atoms with E-state index in [0.717, 1.165) is 7.11 Å². The highest BCUT2D eigenvalue weighted by atomic mass is 16.7.